The number of hydrogen-bond donors (Lipinski definition) is 2. The molecule has 3 aromatic rings. The largest absolute Gasteiger partial charge is 0.351 e. The fourth-order valence-corrected chi connectivity index (χ4v) is 2.00. The summed E-state index contributed by atoms with van der Waals surface area (Å²) in [6.07, 6.45) is 0. The van der Waals surface area contributed by atoms with Crippen molar-refractivity contribution in [3.63, 3.8) is 0 Å². The lowest BCUT2D eigenvalue weighted by atomic mass is 10.2. The van der Waals surface area contributed by atoms with Crippen molar-refractivity contribution >= 4 is 39.8 Å². The second kappa shape index (κ2) is 3.35. The van der Waals surface area contributed by atoms with Crippen molar-refractivity contribution in [2.24, 2.45) is 0 Å². The van der Waals surface area contributed by atoms with Gasteiger partial charge in [-0.25, -0.2) is 14.7 Å². The van der Waals surface area contributed by atoms with Crippen LogP contribution in [0.5, 0.6) is 0 Å². The third-order valence-electron chi connectivity index (χ3n) is 2.42. The molecule has 0 saturated heterocycles. The van der Waals surface area contributed by atoms with Gasteiger partial charge >= 0.3 is 11.4 Å². The number of nitrogens with one attached hydrogen (secondary N) is 2. The molecule has 2 N–H and O–H groups in total. The van der Waals surface area contributed by atoms with Gasteiger partial charge in [-0.2, -0.15) is 9.50 Å². The second-order valence-electron chi connectivity index (χ2n) is 3.43. The quantitative estimate of drug-likeness (QED) is 0.643. The van der Waals surface area contributed by atoms with Gasteiger partial charge in [0.05, 0.1) is 15.6 Å². The Labute approximate surface area is 103 Å². The summed E-state index contributed by atoms with van der Waals surface area (Å²) >= 11 is 11.7. The molecule has 17 heavy (non-hydrogen) atoms. The Morgan fingerprint density at radius 2 is 1.82 bits per heavy atom. The Kier molecular flexibility index (Phi) is 2.04. The number of hydrogen-bond acceptors (Lipinski definition) is 3. The summed E-state index contributed by atoms with van der Waals surface area (Å²) in [7, 11) is 0. The van der Waals surface area contributed by atoms with E-state index in [2.05, 4.69) is 15.2 Å². The highest BCUT2D eigenvalue weighted by Crippen LogP contribution is 2.27. The van der Waals surface area contributed by atoms with Gasteiger partial charge in [0.15, 0.2) is 5.65 Å². The first kappa shape index (κ1) is 10.4. The summed E-state index contributed by atoms with van der Waals surface area (Å²) < 4.78 is 0.895. The first-order chi connectivity index (χ1) is 8.08. The molecule has 0 bridgehead atoms. The third-order valence-corrected chi connectivity index (χ3v) is 3.14. The van der Waals surface area contributed by atoms with E-state index in [0.29, 0.717) is 20.9 Å². The molecule has 0 radical (unpaired) electrons. The zero-order valence-corrected chi connectivity index (χ0v) is 9.63. The van der Waals surface area contributed by atoms with E-state index in [9.17, 15) is 9.59 Å². The summed E-state index contributed by atoms with van der Waals surface area (Å²) in [6.45, 7) is 0. The summed E-state index contributed by atoms with van der Waals surface area (Å²) in [5, 5.41) is 7.17. The minimum Gasteiger partial charge on any atom is -0.306 e. The van der Waals surface area contributed by atoms with Crippen LogP contribution in [0.1, 0.15) is 0 Å². The molecule has 0 amide bonds. The SMILES string of the molecule is O=c1[nH]nc2c3cc(Cl)c(Cl)cc3[nH]c(=O)n12. The molecule has 0 atom stereocenters. The van der Waals surface area contributed by atoms with Crippen LogP contribution in [-0.2, 0) is 0 Å². The molecular weight excluding hydrogens is 267 g/mol. The molecule has 3 rings (SSSR count). The van der Waals surface area contributed by atoms with Crippen LogP contribution in [-0.4, -0.2) is 19.6 Å². The monoisotopic (exact) mass is 270 g/mol. The Balaban J connectivity index is 2.69. The van der Waals surface area contributed by atoms with E-state index in [1.54, 1.807) is 6.07 Å². The van der Waals surface area contributed by atoms with Crippen molar-refractivity contribution in [2.75, 3.05) is 0 Å². The average Bonchev–Trinajstić information content (AvgIpc) is 2.65. The summed E-state index contributed by atoms with van der Waals surface area (Å²) in [5.74, 6) is 0. The van der Waals surface area contributed by atoms with Crippen molar-refractivity contribution in [3.8, 4) is 0 Å². The average molecular weight is 271 g/mol. The molecule has 0 aliphatic heterocycles. The van der Waals surface area contributed by atoms with Gasteiger partial charge in [-0.15, -0.1) is 0 Å². The van der Waals surface area contributed by atoms with Crippen LogP contribution in [0.4, 0.5) is 0 Å². The Bertz CT molecular complexity index is 861. The van der Waals surface area contributed by atoms with Crippen LogP contribution in [0.15, 0.2) is 21.7 Å². The van der Waals surface area contributed by atoms with E-state index in [4.69, 9.17) is 23.2 Å². The molecule has 0 saturated carbocycles. The fraction of sp³-hybridized carbons (Fsp3) is 0. The Morgan fingerprint density at radius 1 is 1.12 bits per heavy atom. The number of fused-ring (bicyclic) bond motifs is 3. The molecule has 0 spiro atoms. The lowest BCUT2D eigenvalue weighted by Crippen LogP contribution is -2.25. The van der Waals surface area contributed by atoms with E-state index >= 15 is 0 Å². The van der Waals surface area contributed by atoms with E-state index in [0.717, 1.165) is 4.40 Å². The highest BCUT2D eigenvalue weighted by Gasteiger charge is 2.11. The predicted octanol–water partition coefficient (Wildman–Crippen LogP) is 1.17. The first-order valence-corrected chi connectivity index (χ1v) is 5.31. The van der Waals surface area contributed by atoms with Crippen molar-refractivity contribution < 1.29 is 0 Å². The van der Waals surface area contributed by atoms with Gasteiger partial charge in [-0.05, 0) is 12.1 Å². The lowest BCUT2D eigenvalue weighted by molar-refractivity contribution is 0.958. The maximum atomic E-state index is 11.6. The highest BCUT2D eigenvalue weighted by atomic mass is 35.5. The number of benzene rings is 1. The van der Waals surface area contributed by atoms with Crippen molar-refractivity contribution in [2.45, 2.75) is 0 Å². The molecule has 0 unspecified atom stereocenters. The molecule has 2 heterocycles. The van der Waals surface area contributed by atoms with Crippen LogP contribution in [0.3, 0.4) is 0 Å². The molecule has 0 aliphatic rings. The van der Waals surface area contributed by atoms with Crippen LogP contribution in [0.25, 0.3) is 16.6 Å². The van der Waals surface area contributed by atoms with Crippen LogP contribution in [0, 0.1) is 0 Å². The summed E-state index contributed by atoms with van der Waals surface area (Å²) in [4.78, 5) is 25.5. The van der Waals surface area contributed by atoms with Crippen LogP contribution in [0.2, 0.25) is 10.0 Å². The number of nitrogens with zero attached hydrogens (tertiary/aromatic N) is 2. The molecular formula is C9H4Cl2N4O2. The van der Waals surface area contributed by atoms with Crippen molar-refractivity contribution in [3.05, 3.63) is 43.1 Å². The molecule has 86 valence electrons. The van der Waals surface area contributed by atoms with E-state index < -0.39 is 11.4 Å². The van der Waals surface area contributed by atoms with Gasteiger partial charge in [-0.1, -0.05) is 23.2 Å². The normalized spacial score (nSPS) is 11.4. The summed E-state index contributed by atoms with van der Waals surface area (Å²) in [6, 6.07) is 3.06. The topological polar surface area (TPSA) is 83.0 Å². The lowest BCUT2D eigenvalue weighted by Gasteiger charge is -2.01. The van der Waals surface area contributed by atoms with Crippen molar-refractivity contribution in [1.29, 1.82) is 0 Å². The number of H-pyrrole nitrogens is 2. The smallest absolute Gasteiger partial charge is 0.306 e. The van der Waals surface area contributed by atoms with Crippen LogP contribution < -0.4 is 11.4 Å². The van der Waals surface area contributed by atoms with E-state index in [1.165, 1.54) is 6.07 Å². The Hall–Kier alpha value is -1.79. The molecule has 1 aromatic carbocycles. The fourth-order valence-electron chi connectivity index (χ4n) is 1.67. The van der Waals surface area contributed by atoms with Gasteiger partial charge in [0, 0.05) is 5.39 Å². The van der Waals surface area contributed by atoms with E-state index in [1.807, 2.05) is 0 Å². The van der Waals surface area contributed by atoms with Crippen LogP contribution >= 0.6 is 23.2 Å². The van der Waals surface area contributed by atoms with Gasteiger partial charge < -0.3 is 4.98 Å². The molecule has 2 aromatic heterocycles. The minimum absolute atomic E-state index is 0.215. The van der Waals surface area contributed by atoms with Gasteiger partial charge in [0.1, 0.15) is 0 Å². The van der Waals surface area contributed by atoms with Gasteiger partial charge in [0.25, 0.3) is 0 Å². The maximum Gasteiger partial charge on any atom is 0.351 e. The van der Waals surface area contributed by atoms with Gasteiger partial charge in [0.2, 0.25) is 0 Å². The maximum absolute atomic E-state index is 11.6. The highest BCUT2D eigenvalue weighted by molar-refractivity contribution is 6.42. The molecule has 0 aliphatic carbocycles. The second-order valence-corrected chi connectivity index (χ2v) is 4.24. The standard InChI is InChI=1S/C9H4Cl2N4O2/c10-4-1-3-6(2-5(4)11)12-8(16)15-7(3)13-14-9(15)17/h1-2H,(H,12,16)(H,14,17). The summed E-state index contributed by atoms with van der Waals surface area (Å²) in [5.41, 5.74) is -0.498. The zero-order chi connectivity index (χ0) is 12.2. The number of aromatic amines is 2. The minimum atomic E-state index is -0.603. The Morgan fingerprint density at radius 3 is 2.59 bits per heavy atom. The third kappa shape index (κ3) is 1.38. The number of aromatic nitrogens is 4. The van der Waals surface area contributed by atoms with Crippen molar-refractivity contribution in [1.82, 2.24) is 19.6 Å². The molecule has 0 fully saturated rings. The number of halogens is 2. The predicted molar refractivity (Wildman–Crippen MR) is 64.0 cm³/mol. The molecule has 6 nitrogen and oxygen atoms in total. The molecule has 8 heteroatoms. The zero-order valence-electron chi connectivity index (χ0n) is 8.12. The number of rotatable bonds is 0. The van der Waals surface area contributed by atoms with Gasteiger partial charge in [-0.3, -0.25) is 0 Å². The van der Waals surface area contributed by atoms with E-state index in [-0.39, 0.29) is 5.65 Å². The first-order valence-electron chi connectivity index (χ1n) is 4.56.